The molecule has 0 aliphatic carbocycles. The van der Waals surface area contributed by atoms with Gasteiger partial charge < -0.3 is 4.11 Å². The van der Waals surface area contributed by atoms with E-state index in [1.54, 1.807) is 18.2 Å². The van der Waals surface area contributed by atoms with Crippen molar-refractivity contribution in [3.63, 3.8) is 0 Å². The monoisotopic (exact) mass is 170 g/mol. The molecule has 0 aliphatic heterocycles. The van der Waals surface area contributed by atoms with Crippen LogP contribution in [0.15, 0.2) is 38.0 Å². The van der Waals surface area contributed by atoms with Crippen molar-refractivity contribution >= 4 is 8.41 Å². The summed E-state index contributed by atoms with van der Waals surface area (Å²) >= 11 is 0. The topological polar surface area (TPSA) is 0 Å². The zero-order valence-corrected chi connectivity index (χ0v) is 7.85. The van der Waals surface area contributed by atoms with E-state index in [2.05, 4.69) is 19.7 Å². The lowest BCUT2D eigenvalue weighted by molar-refractivity contribution is 0.777. The highest BCUT2D eigenvalue weighted by Gasteiger charge is 2.29. The number of halogens is 1. The van der Waals surface area contributed by atoms with Crippen LogP contribution in [0.25, 0.3) is 0 Å². The van der Waals surface area contributed by atoms with Crippen LogP contribution in [-0.2, 0) is 0 Å². The van der Waals surface area contributed by atoms with Crippen molar-refractivity contribution in [3.05, 3.63) is 38.0 Å². The van der Waals surface area contributed by atoms with Gasteiger partial charge in [-0.05, 0) is 18.1 Å². The summed E-state index contributed by atoms with van der Waals surface area (Å²) in [6.45, 7) is 10.6. The minimum atomic E-state index is -2.60. The first kappa shape index (κ1) is 10.4. The van der Waals surface area contributed by atoms with E-state index in [1.165, 1.54) is 0 Å². The van der Waals surface area contributed by atoms with Gasteiger partial charge >= 0.3 is 0 Å². The highest BCUT2D eigenvalue weighted by Crippen LogP contribution is 2.23. The zero-order valence-electron chi connectivity index (χ0n) is 6.85. The first-order valence-electron chi connectivity index (χ1n) is 3.70. The van der Waals surface area contributed by atoms with Crippen LogP contribution in [-0.4, -0.2) is 8.41 Å². The summed E-state index contributed by atoms with van der Waals surface area (Å²) < 4.78 is 13.7. The van der Waals surface area contributed by atoms with Gasteiger partial charge in [0.1, 0.15) is 0 Å². The molecular formula is C9H15FSi. The summed E-state index contributed by atoms with van der Waals surface area (Å²) in [4.78, 5) is 0. The standard InChI is InChI=1S/C9H15FSi/c1-4-7-11(10,8-5-2)9-6-3/h4-6H,1-3,7-9H2. The average Bonchev–Trinajstić information content (AvgIpc) is 1.88. The second-order valence-electron chi connectivity index (χ2n) is 2.63. The molecule has 0 fully saturated rings. The van der Waals surface area contributed by atoms with Gasteiger partial charge in [0.05, 0.1) is 0 Å². The van der Waals surface area contributed by atoms with Crippen LogP contribution in [0.4, 0.5) is 4.11 Å². The Bertz CT molecular complexity index is 125. The third kappa shape index (κ3) is 3.93. The van der Waals surface area contributed by atoms with Crippen molar-refractivity contribution < 1.29 is 4.11 Å². The molecular weight excluding hydrogens is 155 g/mol. The van der Waals surface area contributed by atoms with Crippen LogP contribution < -0.4 is 0 Å². The van der Waals surface area contributed by atoms with E-state index >= 15 is 0 Å². The molecule has 0 unspecified atom stereocenters. The van der Waals surface area contributed by atoms with E-state index < -0.39 is 8.41 Å². The average molecular weight is 170 g/mol. The lowest BCUT2D eigenvalue weighted by Gasteiger charge is -2.16. The lowest BCUT2D eigenvalue weighted by atomic mass is 10.7. The van der Waals surface area contributed by atoms with Crippen molar-refractivity contribution in [2.75, 3.05) is 0 Å². The Morgan fingerprint density at radius 1 is 0.909 bits per heavy atom. The Kier molecular flexibility index (Phi) is 4.78. The van der Waals surface area contributed by atoms with Crippen LogP contribution >= 0.6 is 0 Å². The molecule has 0 aromatic rings. The van der Waals surface area contributed by atoms with Gasteiger partial charge in [-0.15, -0.1) is 19.7 Å². The van der Waals surface area contributed by atoms with Gasteiger partial charge in [0.2, 0.25) is 0 Å². The lowest BCUT2D eigenvalue weighted by Crippen LogP contribution is -2.25. The van der Waals surface area contributed by atoms with E-state index in [0.717, 1.165) is 0 Å². The molecule has 0 N–H and O–H groups in total. The van der Waals surface area contributed by atoms with E-state index in [4.69, 9.17) is 0 Å². The molecule has 0 spiro atoms. The second kappa shape index (κ2) is 5.08. The first-order valence-corrected chi connectivity index (χ1v) is 6.20. The van der Waals surface area contributed by atoms with Crippen LogP contribution in [0.3, 0.4) is 0 Å². The maximum absolute atomic E-state index is 13.7. The highest BCUT2D eigenvalue weighted by atomic mass is 28.4. The van der Waals surface area contributed by atoms with Crippen molar-refractivity contribution in [1.29, 1.82) is 0 Å². The molecule has 0 rings (SSSR count). The molecule has 0 saturated heterocycles. The SMILES string of the molecule is C=CC[Si](F)(CC=C)CC=C. The fraction of sp³-hybridized carbons (Fsp3) is 0.333. The van der Waals surface area contributed by atoms with Gasteiger partial charge in [0.15, 0.2) is 0 Å². The van der Waals surface area contributed by atoms with Gasteiger partial charge in [-0.3, -0.25) is 0 Å². The minimum absolute atomic E-state index is 0.505. The predicted octanol–water partition coefficient (Wildman–Crippen LogP) is 3.46. The highest BCUT2D eigenvalue weighted by molar-refractivity contribution is 6.74. The number of hydrogen-bond donors (Lipinski definition) is 0. The smallest absolute Gasteiger partial charge is 0.258 e. The van der Waals surface area contributed by atoms with Gasteiger partial charge in [-0.2, -0.15) is 0 Å². The predicted molar refractivity (Wildman–Crippen MR) is 51.9 cm³/mol. The normalized spacial score (nSPS) is 10.6. The number of rotatable bonds is 6. The second-order valence-corrected chi connectivity index (χ2v) is 6.16. The van der Waals surface area contributed by atoms with Gasteiger partial charge in [-0.25, -0.2) is 0 Å². The molecule has 0 radical (unpaired) electrons. The van der Waals surface area contributed by atoms with Crippen molar-refractivity contribution in [2.24, 2.45) is 0 Å². The quantitative estimate of drug-likeness (QED) is 0.325. The van der Waals surface area contributed by atoms with Crippen LogP contribution in [0.2, 0.25) is 18.1 Å². The summed E-state index contributed by atoms with van der Waals surface area (Å²) in [6, 6.07) is 1.52. The van der Waals surface area contributed by atoms with Crippen molar-refractivity contribution in [1.82, 2.24) is 0 Å². The van der Waals surface area contributed by atoms with Crippen molar-refractivity contribution in [2.45, 2.75) is 18.1 Å². The van der Waals surface area contributed by atoms with Gasteiger partial charge in [0, 0.05) is 0 Å². The third-order valence-corrected chi connectivity index (χ3v) is 4.59. The van der Waals surface area contributed by atoms with Crippen LogP contribution in [0, 0.1) is 0 Å². The summed E-state index contributed by atoms with van der Waals surface area (Å²) in [5.74, 6) is 0. The fourth-order valence-corrected chi connectivity index (χ4v) is 3.08. The number of hydrogen-bond acceptors (Lipinski definition) is 0. The van der Waals surface area contributed by atoms with Crippen molar-refractivity contribution in [3.8, 4) is 0 Å². The maximum Gasteiger partial charge on any atom is 0.258 e. The Balaban J connectivity index is 4.09. The largest absolute Gasteiger partial charge is 0.313 e. The molecule has 11 heavy (non-hydrogen) atoms. The molecule has 0 amide bonds. The van der Waals surface area contributed by atoms with E-state index in [1.807, 2.05) is 0 Å². The van der Waals surface area contributed by atoms with E-state index in [-0.39, 0.29) is 0 Å². The molecule has 2 heteroatoms. The Labute approximate surface area is 69.3 Å². The molecule has 0 nitrogen and oxygen atoms in total. The molecule has 0 aromatic carbocycles. The van der Waals surface area contributed by atoms with E-state index in [0.29, 0.717) is 18.1 Å². The molecule has 0 aliphatic rings. The summed E-state index contributed by atoms with van der Waals surface area (Å²) in [5, 5.41) is 0. The molecule has 0 bridgehead atoms. The fourth-order valence-electron chi connectivity index (χ4n) is 1.03. The molecule has 62 valence electrons. The molecule has 0 atom stereocenters. The Hall–Kier alpha value is -0.633. The van der Waals surface area contributed by atoms with Gasteiger partial charge in [0.25, 0.3) is 8.41 Å². The summed E-state index contributed by atoms with van der Waals surface area (Å²) in [7, 11) is -2.60. The third-order valence-electron chi connectivity index (χ3n) is 1.53. The van der Waals surface area contributed by atoms with Crippen LogP contribution in [0.5, 0.6) is 0 Å². The van der Waals surface area contributed by atoms with Crippen LogP contribution in [0.1, 0.15) is 0 Å². The van der Waals surface area contributed by atoms with E-state index in [9.17, 15) is 4.11 Å². The minimum Gasteiger partial charge on any atom is -0.313 e. The molecule has 0 heterocycles. The molecule has 0 aromatic heterocycles. The zero-order chi connectivity index (χ0) is 8.74. The molecule has 0 saturated carbocycles. The number of allylic oxidation sites excluding steroid dienone is 3. The summed E-state index contributed by atoms with van der Waals surface area (Å²) in [5.41, 5.74) is 0. The Morgan fingerprint density at radius 2 is 1.18 bits per heavy atom. The van der Waals surface area contributed by atoms with Gasteiger partial charge in [-0.1, -0.05) is 18.2 Å². The maximum atomic E-state index is 13.7. The Morgan fingerprint density at radius 3 is 1.36 bits per heavy atom. The first-order chi connectivity index (χ1) is 5.18. The summed E-state index contributed by atoms with van der Waals surface area (Å²) in [6.07, 6.45) is 4.96.